The minimum Gasteiger partial charge on any atom is -0.481 e. The number of rotatable bonds is 2. The van der Waals surface area contributed by atoms with Crippen LogP contribution in [0.3, 0.4) is 0 Å². The zero-order valence-electron chi connectivity index (χ0n) is 7.31. The molecule has 1 N–H and O–H groups in total. The Morgan fingerprint density at radius 3 is 2.47 bits per heavy atom. The van der Waals surface area contributed by atoms with Crippen LogP contribution in [0.5, 0.6) is 0 Å². The molecule has 0 aliphatic rings. The average Bonchev–Trinajstić information content (AvgIpc) is 1.99. The highest BCUT2D eigenvalue weighted by Crippen LogP contribution is 2.33. The number of carbonyl (C=O) groups is 1. The molecular formula is C9H6BrF3O2. The van der Waals surface area contributed by atoms with Crippen LogP contribution in [-0.2, 0) is 17.4 Å². The van der Waals surface area contributed by atoms with Crippen molar-refractivity contribution in [2.45, 2.75) is 12.6 Å². The summed E-state index contributed by atoms with van der Waals surface area (Å²) in [6.45, 7) is 0. The molecule has 0 unspecified atom stereocenters. The molecule has 82 valence electrons. The summed E-state index contributed by atoms with van der Waals surface area (Å²) in [6.07, 6.45) is -5.17. The summed E-state index contributed by atoms with van der Waals surface area (Å²) in [5, 5.41) is 8.47. The van der Waals surface area contributed by atoms with Crippen molar-refractivity contribution in [2.24, 2.45) is 0 Å². The summed E-state index contributed by atoms with van der Waals surface area (Å²) in [4.78, 5) is 10.4. The lowest BCUT2D eigenvalue weighted by molar-refractivity contribution is -0.139. The van der Waals surface area contributed by atoms with Gasteiger partial charge in [-0.25, -0.2) is 0 Å². The van der Waals surface area contributed by atoms with Gasteiger partial charge in [0.15, 0.2) is 0 Å². The number of hydrogen-bond acceptors (Lipinski definition) is 1. The monoisotopic (exact) mass is 282 g/mol. The first-order chi connectivity index (χ1) is 6.80. The van der Waals surface area contributed by atoms with E-state index in [-0.39, 0.29) is 5.56 Å². The highest BCUT2D eigenvalue weighted by molar-refractivity contribution is 9.10. The fourth-order valence-corrected chi connectivity index (χ4v) is 1.56. The van der Waals surface area contributed by atoms with Gasteiger partial charge >= 0.3 is 12.1 Å². The number of benzene rings is 1. The Bertz CT molecular complexity index is 387. The predicted octanol–water partition coefficient (Wildman–Crippen LogP) is 3.10. The molecule has 0 aliphatic heterocycles. The molecule has 0 bridgehead atoms. The summed E-state index contributed by atoms with van der Waals surface area (Å²) < 4.78 is 37.7. The second kappa shape index (κ2) is 4.22. The van der Waals surface area contributed by atoms with Crippen LogP contribution in [0, 0.1) is 0 Å². The number of carboxylic acids is 1. The fourth-order valence-electron chi connectivity index (χ4n) is 1.15. The predicted molar refractivity (Wildman–Crippen MR) is 50.5 cm³/mol. The SMILES string of the molecule is O=C(O)Cc1cc(Br)ccc1C(F)(F)F. The van der Waals surface area contributed by atoms with Gasteiger partial charge < -0.3 is 5.11 Å². The third kappa shape index (κ3) is 3.23. The van der Waals surface area contributed by atoms with Gasteiger partial charge in [-0.05, 0) is 23.8 Å². The minimum atomic E-state index is -4.52. The molecule has 0 radical (unpaired) electrons. The van der Waals surface area contributed by atoms with E-state index in [1.807, 2.05) is 0 Å². The van der Waals surface area contributed by atoms with E-state index < -0.39 is 24.1 Å². The Labute approximate surface area is 91.8 Å². The second-order valence-corrected chi connectivity index (χ2v) is 3.79. The molecule has 2 nitrogen and oxygen atoms in total. The minimum absolute atomic E-state index is 0.246. The average molecular weight is 283 g/mol. The van der Waals surface area contributed by atoms with Gasteiger partial charge in [-0.2, -0.15) is 13.2 Å². The standard InChI is InChI=1S/C9H6BrF3O2/c10-6-1-2-7(9(11,12)13)5(3-6)4-8(14)15/h1-3H,4H2,(H,14,15). The highest BCUT2D eigenvalue weighted by Gasteiger charge is 2.33. The van der Waals surface area contributed by atoms with E-state index in [0.717, 1.165) is 12.1 Å². The Kier molecular flexibility index (Phi) is 3.38. The summed E-state index contributed by atoms with van der Waals surface area (Å²) in [7, 11) is 0. The highest BCUT2D eigenvalue weighted by atomic mass is 79.9. The van der Waals surface area contributed by atoms with Crippen molar-refractivity contribution in [1.29, 1.82) is 0 Å². The van der Waals surface area contributed by atoms with Crippen molar-refractivity contribution >= 4 is 21.9 Å². The quantitative estimate of drug-likeness (QED) is 0.905. The fraction of sp³-hybridized carbons (Fsp3) is 0.222. The van der Waals surface area contributed by atoms with E-state index in [0.29, 0.717) is 4.47 Å². The smallest absolute Gasteiger partial charge is 0.416 e. The van der Waals surface area contributed by atoms with Gasteiger partial charge in [0.2, 0.25) is 0 Å². The molecule has 15 heavy (non-hydrogen) atoms. The van der Waals surface area contributed by atoms with Crippen LogP contribution in [-0.4, -0.2) is 11.1 Å². The molecule has 0 saturated heterocycles. The molecule has 0 atom stereocenters. The maximum Gasteiger partial charge on any atom is 0.416 e. The first-order valence-corrected chi connectivity index (χ1v) is 4.67. The molecular weight excluding hydrogens is 277 g/mol. The van der Waals surface area contributed by atoms with Crippen LogP contribution in [0.15, 0.2) is 22.7 Å². The lowest BCUT2D eigenvalue weighted by atomic mass is 10.0. The van der Waals surface area contributed by atoms with Gasteiger partial charge in [0, 0.05) is 4.47 Å². The topological polar surface area (TPSA) is 37.3 Å². The van der Waals surface area contributed by atoms with Crippen LogP contribution < -0.4 is 0 Å². The molecule has 1 aromatic carbocycles. The van der Waals surface area contributed by atoms with Gasteiger partial charge in [0.05, 0.1) is 12.0 Å². The molecule has 0 spiro atoms. The van der Waals surface area contributed by atoms with Crippen LogP contribution >= 0.6 is 15.9 Å². The van der Waals surface area contributed by atoms with E-state index in [9.17, 15) is 18.0 Å². The van der Waals surface area contributed by atoms with Crippen LogP contribution in [0.2, 0.25) is 0 Å². The van der Waals surface area contributed by atoms with Gasteiger partial charge in [-0.1, -0.05) is 15.9 Å². The van der Waals surface area contributed by atoms with Crippen molar-refractivity contribution in [2.75, 3.05) is 0 Å². The number of carboxylic acid groups (broad SMARTS) is 1. The number of hydrogen-bond donors (Lipinski definition) is 1. The Hall–Kier alpha value is -1.04. The van der Waals surface area contributed by atoms with Gasteiger partial charge in [-0.15, -0.1) is 0 Å². The first-order valence-electron chi connectivity index (χ1n) is 3.88. The number of halogens is 4. The molecule has 0 aliphatic carbocycles. The second-order valence-electron chi connectivity index (χ2n) is 2.87. The largest absolute Gasteiger partial charge is 0.481 e. The lowest BCUT2D eigenvalue weighted by Crippen LogP contribution is -2.12. The number of aliphatic carboxylic acids is 1. The normalized spacial score (nSPS) is 11.5. The van der Waals surface area contributed by atoms with Crippen molar-refractivity contribution in [3.05, 3.63) is 33.8 Å². The third-order valence-corrected chi connectivity index (χ3v) is 2.21. The Morgan fingerprint density at radius 2 is 2.00 bits per heavy atom. The van der Waals surface area contributed by atoms with Crippen molar-refractivity contribution in [3.63, 3.8) is 0 Å². The summed E-state index contributed by atoms with van der Waals surface area (Å²) in [5.41, 5.74) is -1.16. The first kappa shape index (κ1) is 12.0. The van der Waals surface area contributed by atoms with Gasteiger partial charge in [0.1, 0.15) is 0 Å². The summed E-state index contributed by atoms with van der Waals surface area (Å²) >= 11 is 2.99. The maximum absolute atomic E-state index is 12.4. The molecule has 1 rings (SSSR count). The van der Waals surface area contributed by atoms with Crippen molar-refractivity contribution < 1.29 is 23.1 Å². The van der Waals surface area contributed by atoms with Gasteiger partial charge in [0.25, 0.3) is 0 Å². The van der Waals surface area contributed by atoms with Gasteiger partial charge in [-0.3, -0.25) is 4.79 Å². The van der Waals surface area contributed by atoms with Crippen molar-refractivity contribution in [1.82, 2.24) is 0 Å². The van der Waals surface area contributed by atoms with Crippen molar-refractivity contribution in [3.8, 4) is 0 Å². The molecule has 1 aromatic rings. The molecule has 0 fully saturated rings. The van der Waals surface area contributed by atoms with Crippen LogP contribution in [0.4, 0.5) is 13.2 Å². The van der Waals surface area contributed by atoms with E-state index >= 15 is 0 Å². The zero-order chi connectivity index (χ0) is 11.6. The van der Waals surface area contributed by atoms with E-state index in [1.54, 1.807) is 0 Å². The molecule has 0 amide bonds. The lowest BCUT2D eigenvalue weighted by Gasteiger charge is -2.11. The molecule has 0 saturated carbocycles. The van der Waals surface area contributed by atoms with E-state index in [2.05, 4.69) is 15.9 Å². The molecule has 0 heterocycles. The Balaban J connectivity index is 3.20. The van der Waals surface area contributed by atoms with E-state index in [4.69, 9.17) is 5.11 Å². The number of alkyl halides is 3. The zero-order valence-corrected chi connectivity index (χ0v) is 8.89. The summed E-state index contributed by atoms with van der Waals surface area (Å²) in [5.74, 6) is -1.29. The Morgan fingerprint density at radius 1 is 1.40 bits per heavy atom. The maximum atomic E-state index is 12.4. The summed E-state index contributed by atoms with van der Waals surface area (Å²) in [6, 6.07) is 3.26. The third-order valence-electron chi connectivity index (χ3n) is 1.71. The molecule has 0 aromatic heterocycles. The van der Waals surface area contributed by atoms with E-state index in [1.165, 1.54) is 6.07 Å². The molecule has 6 heteroatoms. The van der Waals surface area contributed by atoms with Crippen LogP contribution in [0.25, 0.3) is 0 Å². The van der Waals surface area contributed by atoms with Crippen LogP contribution in [0.1, 0.15) is 11.1 Å².